The number of hydrogen-bond acceptors (Lipinski definition) is 2. The lowest BCUT2D eigenvalue weighted by atomic mass is 10.1. The van der Waals surface area contributed by atoms with Gasteiger partial charge < -0.3 is 10.6 Å². The third kappa shape index (κ3) is 1.71. The molecule has 0 unspecified atom stereocenters. The molecule has 0 bridgehead atoms. The lowest BCUT2D eigenvalue weighted by Gasteiger charge is -2.10. The summed E-state index contributed by atoms with van der Waals surface area (Å²) >= 11 is 0. The van der Waals surface area contributed by atoms with E-state index in [1.165, 1.54) is 0 Å². The van der Waals surface area contributed by atoms with Crippen LogP contribution in [0, 0.1) is 0 Å². The lowest BCUT2D eigenvalue weighted by Crippen LogP contribution is -2.09. The predicted molar refractivity (Wildman–Crippen MR) is 57.5 cm³/mol. The molecule has 0 saturated carbocycles. The minimum atomic E-state index is 0.0849. The van der Waals surface area contributed by atoms with Crippen LogP contribution in [0.3, 0.4) is 0 Å². The van der Waals surface area contributed by atoms with Crippen molar-refractivity contribution in [2.75, 3.05) is 10.6 Å². The molecule has 0 fully saturated rings. The molecule has 2 rings (SSSR count). The van der Waals surface area contributed by atoms with Crippen LogP contribution >= 0.6 is 0 Å². The van der Waals surface area contributed by atoms with Crippen molar-refractivity contribution >= 4 is 17.3 Å². The first-order valence-electron chi connectivity index (χ1n) is 4.84. The second-order valence-corrected chi connectivity index (χ2v) is 3.90. The van der Waals surface area contributed by atoms with Crippen molar-refractivity contribution in [1.29, 1.82) is 0 Å². The zero-order valence-electron chi connectivity index (χ0n) is 8.42. The molecule has 1 aromatic carbocycles. The van der Waals surface area contributed by atoms with Crippen molar-refractivity contribution in [2.45, 2.75) is 26.3 Å². The zero-order chi connectivity index (χ0) is 10.1. The van der Waals surface area contributed by atoms with Crippen molar-refractivity contribution < 1.29 is 4.79 Å². The van der Waals surface area contributed by atoms with E-state index in [4.69, 9.17) is 0 Å². The summed E-state index contributed by atoms with van der Waals surface area (Å²) in [6.45, 7) is 4.18. The molecule has 1 aliphatic heterocycles. The van der Waals surface area contributed by atoms with E-state index in [9.17, 15) is 4.79 Å². The number of fused-ring (bicyclic) bond motifs is 1. The fourth-order valence-electron chi connectivity index (χ4n) is 1.64. The number of rotatable bonds is 2. The average Bonchev–Trinajstić information content (AvgIpc) is 2.42. The van der Waals surface area contributed by atoms with Gasteiger partial charge in [0.05, 0.1) is 6.42 Å². The highest BCUT2D eigenvalue weighted by molar-refractivity contribution is 5.99. The SMILES string of the molecule is CC(C)Nc1ccc2c(c1)NC(=O)C2. The highest BCUT2D eigenvalue weighted by Crippen LogP contribution is 2.26. The van der Waals surface area contributed by atoms with Gasteiger partial charge in [-0.05, 0) is 31.5 Å². The Labute approximate surface area is 83.5 Å². The monoisotopic (exact) mass is 190 g/mol. The van der Waals surface area contributed by atoms with E-state index in [1.54, 1.807) is 0 Å². The van der Waals surface area contributed by atoms with Gasteiger partial charge in [-0.2, -0.15) is 0 Å². The number of anilines is 2. The summed E-state index contributed by atoms with van der Waals surface area (Å²) in [5.41, 5.74) is 3.09. The molecular weight excluding hydrogens is 176 g/mol. The summed E-state index contributed by atoms with van der Waals surface area (Å²) in [4.78, 5) is 11.1. The van der Waals surface area contributed by atoms with Gasteiger partial charge in [-0.25, -0.2) is 0 Å². The fraction of sp³-hybridized carbons (Fsp3) is 0.364. The summed E-state index contributed by atoms with van der Waals surface area (Å²) in [5.74, 6) is 0.0849. The van der Waals surface area contributed by atoms with Crippen molar-refractivity contribution in [3.63, 3.8) is 0 Å². The summed E-state index contributed by atoms with van der Waals surface area (Å²) in [7, 11) is 0. The number of amides is 1. The Hall–Kier alpha value is -1.51. The van der Waals surface area contributed by atoms with Crippen LogP contribution in [0.4, 0.5) is 11.4 Å². The van der Waals surface area contributed by atoms with Gasteiger partial charge in [-0.3, -0.25) is 4.79 Å². The molecule has 3 heteroatoms. The van der Waals surface area contributed by atoms with Gasteiger partial charge in [0, 0.05) is 17.4 Å². The number of carbonyl (C=O) groups excluding carboxylic acids is 1. The molecule has 1 amide bonds. The van der Waals surface area contributed by atoms with Crippen LogP contribution in [-0.4, -0.2) is 11.9 Å². The first-order chi connectivity index (χ1) is 6.65. The van der Waals surface area contributed by atoms with Crippen molar-refractivity contribution in [2.24, 2.45) is 0 Å². The zero-order valence-corrected chi connectivity index (χ0v) is 8.42. The standard InChI is InChI=1S/C11H14N2O/c1-7(2)12-9-4-3-8-5-11(14)13-10(8)6-9/h3-4,6-7,12H,5H2,1-2H3,(H,13,14). The minimum absolute atomic E-state index is 0.0849. The first-order valence-corrected chi connectivity index (χ1v) is 4.84. The second-order valence-electron chi connectivity index (χ2n) is 3.90. The van der Waals surface area contributed by atoms with E-state index >= 15 is 0 Å². The Kier molecular flexibility index (Phi) is 2.15. The van der Waals surface area contributed by atoms with Crippen LogP contribution in [-0.2, 0) is 11.2 Å². The highest BCUT2D eigenvalue weighted by atomic mass is 16.1. The van der Waals surface area contributed by atoms with E-state index in [-0.39, 0.29) is 5.91 Å². The first kappa shape index (κ1) is 9.06. The van der Waals surface area contributed by atoms with Crippen LogP contribution in [0.15, 0.2) is 18.2 Å². The molecular formula is C11H14N2O. The van der Waals surface area contributed by atoms with Crippen LogP contribution < -0.4 is 10.6 Å². The molecule has 14 heavy (non-hydrogen) atoms. The Morgan fingerprint density at radius 3 is 2.93 bits per heavy atom. The summed E-state index contributed by atoms with van der Waals surface area (Å²) < 4.78 is 0. The molecule has 1 aromatic rings. The molecule has 0 spiro atoms. The van der Waals surface area contributed by atoms with Crippen LogP contribution in [0.5, 0.6) is 0 Å². The molecule has 1 heterocycles. The highest BCUT2D eigenvalue weighted by Gasteiger charge is 2.17. The summed E-state index contributed by atoms with van der Waals surface area (Å²) in [6, 6.07) is 6.40. The summed E-state index contributed by atoms with van der Waals surface area (Å²) in [6.07, 6.45) is 0.511. The molecule has 3 nitrogen and oxygen atoms in total. The molecule has 1 aliphatic rings. The number of carbonyl (C=O) groups is 1. The van der Waals surface area contributed by atoms with Gasteiger partial charge >= 0.3 is 0 Å². The van der Waals surface area contributed by atoms with Crippen LogP contribution in [0.1, 0.15) is 19.4 Å². The van der Waals surface area contributed by atoms with E-state index in [1.807, 2.05) is 18.2 Å². The van der Waals surface area contributed by atoms with Gasteiger partial charge in [0.2, 0.25) is 5.91 Å². The van der Waals surface area contributed by atoms with E-state index in [0.29, 0.717) is 12.5 Å². The molecule has 2 N–H and O–H groups in total. The average molecular weight is 190 g/mol. The van der Waals surface area contributed by atoms with Crippen LogP contribution in [0.2, 0.25) is 0 Å². The lowest BCUT2D eigenvalue weighted by molar-refractivity contribution is -0.115. The Morgan fingerprint density at radius 1 is 1.43 bits per heavy atom. The topological polar surface area (TPSA) is 41.1 Å². The van der Waals surface area contributed by atoms with Crippen molar-refractivity contribution in [3.8, 4) is 0 Å². The van der Waals surface area contributed by atoms with Gasteiger partial charge in [0.1, 0.15) is 0 Å². The maximum Gasteiger partial charge on any atom is 0.228 e. The van der Waals surface area contributed by atoms with Gasteiger partial charge in [0.25, 0.3) is 0 Å². The predicted octanol–water partition coefficient (Wildman–Crippen LogP) is 2.00. The quantitative estimate of drug-likeness (QED) is 0.749. The van der Waals surface area contributed by atoms with Gasteiger partial charge in [-0.1, -0.05) is 6.07 Å². The largest absolute Gasteiger partial charge is 0.383 e. The number of nitrogens with one attached hydrogen (secondary N) is 2. The molecule has 0 aromatic heterocycles. The van der Waals surface area contributed by atoms with Crippen LogP contribution in [0.25, 0.3) is 0 Å². The van der Waals surface area contributed by atoms with E-state index < -0.39 is 0 Å². The number of hydrogen-bond donors (Lipinski definition) is 2. The fourth-order valence-corrected chi connectivity index (χ4v) is 1.64. The van der Waals surface area contributed by atoms with Gasteiger partial charge in [-0.15, -0.1) is 0 Å². The smallest absolute Gasteiger partial charge is 0.228 e. The second kappa shape index (κ2) is 3.33. The minimum Gasteiger partial charge on any atom is -0.383 e. The maximum absolute atomic E-state index is 11.1. The summed E-state index contributed by atoms with van der Waals surface area (Å²) in [5, 5.41) is 6.13. The van der Waals surface area contributed by atoms with Crippen molar-refractivity contribution in [1.82, 2.24) is 0 Å². The molecule has 0 saturated heterocycles. The number of benzene rings is 1. The third-order valence-electron chi connectivity index (χ3n) is 2.19. The molecule has 0 radical (unpaired) electrons. The normalized spacial score (nSPS) is 14.1. The Morgan fingerprint density at radius 2 is 2.21 bits per heavy atom. The molecule has 0 atom stereocenters. The Bertz CT molecular complexity index is 372. The van der Waals surface area contributed by atoms with Crippen molar-refractivity contribution in [3.05, 3.63) is 23.8 Å². The molecule has 74 valence electrons. The van der Waals surface area contributed by atoms with Gasteiger partial charge in [0.15, 0.2) is 0 Å². The Balaban J connectivity index is 2.24. The third-order valence-corrected chi connectivity index (χ3v) is 2.19. The van der Waals surface area contributed by atoms with E-state index in [0.717, 1.165) is 16.9 Å². The molecule has 0 aliphatic carbocycles. The van der Waals surface area contributed by atoms with E-state index in [2.05, 4.69) is 24.5 Å². The maximum atomic E-state index is 11.1.